The lowest BCUT2D eigenvalue weighted by Gasteiger charge is -2.36. The van der Waals surface area contributed by atoms with Crippen LogP contribution >= 0.6 is 0 Å². The van der Waals surface area contributed by atoms with Crippen LogP contribution in [0.2, 0.25) is 0 Å². The van der Waals surface area contributed by atoms with Gasteiger partial charge in [-0.3, -0.25) is 0 Å². The van der Waals surface area contributed by atoms with Crippen molar-refractivity contribution in [3.8, 4) is 11.5 Å². The maximum absolute atomic E-state index is 6.15. The molecule has 0 atom stereocenters. The largest absolute Gasteiger partial charge is 0.454 e. The van der Waals surface area contributed by atoms with E-state index in [0.29, 0.717) is 6.79 Å². The monoisotopic (exact) mass is 262 g/mol. The Kier molecular flexibility index (Phi) is 3.37. The minimum absolute atomic E-state index is 0.0370. The van der Waals surface area contributed by atoms with Crippen LogP contribution in [-0.2, 0) is 6.42 Å². The molecule has 0 bridgehead atoms. The van der Waals surface area contributed by atoms with Gasteiger partial charge < -0.3 is 20.1 Å². The summed E-state index contributed by atoms with van der Waals surface area (Å²) in [5.41, 5.74) is 7.50. The number of hydrogen-bond acceptors (Lipinski definition) is 4. The Balaban J connectivity index is 1.53. The molecule has 4 heteroatoms. The third-order valence-electron chi connectivity index (χ3n) is 4.15. The molecule has 1 saturated heterocycles. The minimum atomic E-state index is 0.0370. The summed E-state index contributed by atoms with van der Waals surface area (Å²) in [6.07, 6.45) is 3.24. The predicted octanol–water partition coefficient (Wildman–Crippen LogP) is 1.77. The second-order valence-corrected chi connectivity index (χ2v) is 5.93. The van der Waals surface area contributed by atoms with Crippen molar-refractivity contribution in [3.05, 3.63) is 23.8 Å². The van der Waals surface area contributed by atoms with Crippen LogP contribution in [-0.4, -0.2) is 36.9 Å². The van der Waals surface area contributed by atoms with Gasteiger partial charge in [0.05, 0.1) is 0 Å². The molecule has 104 valence electrons. The molecule has 2 N–H and O–H groups in total. The number of fused-ring (bicyclic) bond motifs is 1. The van der Waals surface area contributed by atoms with Gasteiger partial charge in [0.1, 0.15) is 0 Å². The molecule has 4 nitrogen and oxygen atoms in total. The van der Waals surface area contributed by atoms with Crippen LogP contribution in [0, 0.1) is 0 Å². The standard InChI is InChI=1S/C15H22N2O2/c1-15(16)5-8-17(9-6-15)7-4-12-2-3-13-14(10-12)19-11-18-13/h2-3,10H,4-9,11,16H2,1H3. The molecule has 1 aromatic carbocycles. The Hall–Kier alpha value is -1.26. The van der Waals surface area contributed by atoms with Gasteiger partial charge in [0.15, 0.2) is 11.5 Å². The lowest BCUT2D eigenvalue weighted by Crippen LogP contribution is -2.48. The number of piperidine rings is 1. The third-order valence-corrected chi connectivity index (χ3v) is 4.15. The number of nitrogens with two attached hydrogens (primary N) is 1. The van der Waals surface area contributed by atoms with Crippen molar-refractivity contribution in [3.63, 3.8) is 0 Å². The number of ether oxygens (including phenoxy) is 2. The summed E-state index contributed by atoms with van der Waals surface area (Å²) < 4.78 is 10.7. The summed E-state index contributed by atoms with van der Waals surface area (Å²) in [6.45, 7) is 5.81. The molecule has 0 spiro atoms. The summed E-state index contributed by atoms with van der Waals surface area (Å²) in [5, 5.41) is 0. The van der Waals surface area contributed by atoms with Gasteiger partial charge in [-0.25, -0.2) is 0 Å². The number of rotatable bonds is 3. The third kappa shape index (κ3) is 3.01. The summed E-state index contributed by atoms with van der Waals surface area (Å²) in [5.74, 6) is 1.74. The summed E-state index contributed by atoms with van der Waals surface area (Å²) in [7, 11) is 0. The van der Waals surface area contributed by atoms with Gasteiger partial charge in [0, 0.05) is 12.1 Å². The second-order valence-electron chi connectivity index (χ2n) is 5.93. The number of nitrogens with zero attached hydrogens (tertiary/aromatic N) is 1. The zero-order valence-electron chi connectivity index (χ0n) is 11.5. The van der Waals surface area contributed by atoms with Crippen LogP contribution in [0.1, 0.15) is 25.3 Å². The van der Waals surface area contributed by atoms with Gasteiger partial charge in [-0.2, -0.15) is 0 Å². The van der Waals surface area contributed by atoms with E-state index in [4.69, 9.17) is 15.2 Å². The molecular formula is C15H22N2O2. The van der Waals surface area contributed by atoms with E-state index in [1.54, 1.807) is 0 Å². The van der Waals surface area contributed by atoms with E-state index in [0.717, 1.165) is 50.4 Å². The Morgan fingerprint density at radius 2 is 1.95 bits per heavy atom. The Morgan fingerprint density at radius 1 is 1.21 bits per heavy atom. The molecule has 0 aromatic heterocycles. The molecule has 19 heavy (non-hydrogen) atoms. The maximum Gasteiger partial charge on any atom is 0.231 e. The van der Waals surface area contributed by atoms with E-state index in [1.165, 1.54) is 5.56 Å². The van der Waals surface area contributed by atoms with Gasteiger partial charge in [0.25, 0.3) is 0 Å². The SMILES string of the molecule is CC1(N)CCN(CCc2ccc3c(c2)OCO3)CC1. The van der Waals surface area contributed by atoms with Crippen molar-refractivity contribution in [2.24, 2.45) is 5.73 Å². The highest BCUT2D eigenvalue weighted by molar-refractivity contribution is 5.44. The van der Waals surface area contributed by atoms with E-state index in [2.05, 4.69) is 24.0 Å². The Morgan fingerprint density at radius 3 is 2.74 bits per heavy atom. The smallest absolute Gasteiger partial charge is 0.231 e. The highest BCUT2D eigenvalue weighted by Gasteiger charge is 2.25. The summed E-state index contributed by atoms with van der Waals surface area (Å²) in [4.78, 5) is 2.50. The van der Waals surface area contributed by atoms with Crippen molar-refractivity contribution >= 4 is 0 Å². The number of benzene rings is 1. The normalized spacial score (nSPS) is 21.6. The first-order valence-electron chi connectivity index (χ1n) is 7.02. The van der Waals surface area contributed by atoms with Crippen molar-refractivity contribution in [2.45, 2.75) is 31.7 Å². The van der Waals surface area contributed by atoms with Gasteiger partial charge in [-0.1, -0.05) is 6.07 Å². The maximum atomic E-state index is 6.15. The lowest BCUT2D eigenvalue weighted by molar-refractivity contribution is 0.173. The van der Waals surface area contributed by atoms with E-state index < -0.39 is 0 Å². The molecule has 0 saturated carbocycles. The van der Waals surface area contributed by atoms with E-state index in [1.807, 2.05) is 6.07 Å². The van der Waals surface area contributed by atoms with Crippen molar-refractivity contribution in [2.75, 3.05) is 26.4 Å². The van der Waals surface area contributed by atoms with Crippen LogP contribution in [0.25, 0.3) is 0 Å². The van der Waals surface area contributed by atoms with E-state index >= 15 is 0 Å². The highest BCUT2D eigenvalue weighted by Crippen LogP contribution is 2.32. The van der Waals surface area contributed by atoms with Crippen LogP contribution in [0.3, 0.4) is 0 Å². The zero-order valence-corrected chi connectivity index (χ0v) is 11.5. The fourth-order valence-electron chi connectivity index (χ4n) is 2.67. The summed E-state index contributed by atoms with van der Waals surface area (Å²) >= 11 is 0. The Labute approximate surface area is 114 Å². The van der Waals surface area contributed by atoms with Gasteiger partial charge in [0.2, 0.25) is 6.79 Å². The molecule has 1 fully saturated rings. The molecule has 2 heterocycles. The molecule has 0 aliphatic carbocycles. The fourth-order valence-corrected chi connectivity index (χ4v) is 2.67. The average molecular weight is 262 g/mol. The molecule has 2 aliphatic rings. The summed E-state index contributed by atoms with van der Waals surface area (Å²) in [6, 6.07) is 6.23. The fraction of sp³-hybridized carbons (Fsp3) is 0.600. The van der Waals surface area contributed by atoms with Gasteiger partial charge in [-0.05, 0) is 57.0 Å². The van der Waals surface area contributed by atoms with Gasteiger partial charge in [-0.15, -0.1) is 0 Å². The quantitative estimate of drug-likeness (QED) is 0.902. The molecule has 2 aliphatic heterocycles. The molecule has 1 aromatic rings. The van der Waals surface area contributed by atoms with E-state index in [9.17, 15) is 0 Å². The average Bonchev–Trinajstić information content (AvgIpc) is 2.85. The van der Waals surface area contributed by atoms with Crippen LogP contribution in [0.4, 0.5) is 0 Å². The molecule has 3 rings (SSSR count). The van der Waals surface area contributed by atoms with Crippen LogP contribution in [0.15, 0.2) is 18.2 Å². The van der Waals surface area contributed by atoms with Crippen LogP contribution < -0.4 is 15.2 Å². The van der Waals surface area contributed by atoms with Crippen LogP contribution in [0.5, 0.6) is 11.5 Å². The lowest BCUT2D eigenvalue weighted by atomic mass is 9.91. The van der Waals surface area contributed by atoms with Gasteiger partial charge >= 0.3 is 0 Å². The number of likely N-dealkylation sites (tertiary alicyclic amines) is 1. The first kappa shape index (κ1) is 12.8. The van der Waals surface area contributed by atoms with Crippen molar-refractivity contribution in [1.82, 2.24) is 4.90 Å². The first-order chi connectivity index (χ1) is 9.12. The van der Waals surface area contributed by atoms with Crippen molar-refractivity contribution < 1.29 is 9.47 Å². The minimum Gasteiger partial charge on any atom is -0.454 e. The zero-order chi connectivity index (χ0) is 13.3. The second kappa shape index (κ2) is 5.02. The molecule has 0 unspecified atom stereocenters. The Bertz CT molecular complexity index is 449. The number of hydrogen-bond donors (Lipinski definition) is 1. The van der Waals surface area contributed by atoms with Crippen molar-refractivity contribution in [1.29, 1.82) is 0 Å². The first-order valence-corrected chi connectivity index (χ1v) is 7.02. The molecule has 0 radical (unpaired) electrons. The topological polar surface area (TPSA) is 47.7 Å². The molecular weight excluding hydrogens is 240 g/mol. The predicted molar refractivity (Wildman–Crippen MR) is 74.5 cm³/mol. The molecule has 0 amide bonds. The van der Waals surface area contributed by atoms with E-state index in [-0.39, 0.29) is 5.54 Å². The highest BCUT2D eigenvalue weighted by atomic mass is 16.7.